The van der Waals surface area contributed by atoms with Gasteiger partial charge in [0, 0.05) is 43.3 Å². The van der Waals surface area contributed by atoms with Crippen molar-refractivity contribution in [3.63, 3.8) is 0 Å². The number of carbonyl (C=O) groups is 1. The maximum atomic E-state index is 13.0. The Bertz CT molecular complexity index is 1010. The Morgan fingerprint density at radius 1 is 1.28 bits per heavy atom. The summed E-state index contributed by atoms with van der Waals surface area (Å²) < 4.78 is 0. The molecule has 0 saturated carbocycles. The third-order valence-electron chi connectivity index (χ3n) is 5.06. The first-order valence-corrected chi connectivity index (χ1v) is 9.71. The maximum absolute atomic E-state index is 13.0. The number of amides is 1. The minimum Gasteiger partial charge on any atom is -0.389 e. The molecular formula is C22H25N5O2. The molecule has 7 nitrogen and oxygen atoms in total. The van der Waals surface area contributed by atoms with Crippen LogP contribution in [-0.4, -0.2) is 49.8 Å². The van der Waals surface area contributed by atoms with Crippen molar-refractivity contribution in [1.29, 1.82) is 0 Å². The minimum absolute atomic E-state index is 0.221. The van der Waals surface area contributed by atoms with E-state index in [2.05, 4.69) is 31.5 Å². The average Bonchev–Trinajstić information content (AvgIpc) is 3.17. The van der Waals surface area contributed by atoms with E-state index < -0.39 is 5.60 Å². The highest BCUT2D eigenvalue weighted by Crippen LogP contribution is 2.28. The zero-order valence-electron chi connectivity index (χ0n) is 16.6. The molecule has 0 saturated heterocycles. The number of anilines is 1. The van der Waals surface area contributed by atoms with Crippen molar-refractivity contribution in [1.82, 2.24) is 20.1 Å². The van der Waals surface area contributed by atoms with E-state index in [0.717, 1.165) is 41.9 Å². The lowest BCUT2D eigenvalue weighted by Crippen LogP contribution is -2.41. The number of H-pyrrole nitrogens is 1. The van der Waals surface area contributed by atoms with E-state index in [0.29, 0.717) is 12.2 Å². The molecule has 3 aromatic rings. The lowest BCUT2D eigenvalue weighted by atomic mass is 9.96. The second kappa shape index (κ2) is 7.77. The normalized spacial score (nSPS) is 14.4. The number of nitrogens with zero attached hydrogens (tertiary/aromatic N) is 3. The Morgan fingerprint density at radius 3 is 2.83 bits per heavy atom. The van der Waals surface area contributed by atoms with Crippen molar-refractivity contribution in [3.05, 3.63) is 65.7 Å². The molecule has 1 aliphatic rings. The van der Waals surface area contributed by atoms with Gasteiger partial charge in [0.25, 0.3) is 5.91 Å². The minimum atomic E-state index is -0.729. The van der Waals surface area contributed by atoms with E-state index in [9.17, 15) is 9.90 Å². The fraction of sp³-hybridized carbons (Fsp3) is 0.318. The summed E-state index contributed by atoms with van der Waals surface area (Å²) in [7, 11) is 0. The maximum Gasteiger partial charge on any atom is 0.274 e. The molecule has 0 fully saturated rings. The van der Waals surface area contributed by atoms with Crippen LogP contribution in [0.25, 0.3) is 11.1 Å². The molecular weight excluding hydrogens is 366 g/mol. The first-order chi connectivity index (χ1) is 13.9. The molecule has 29 heavy (non-hydrogen) atoms. The van der Waals surface area contributed by atoms with Crippen LogP contribution in [0.4, 0.5) is 5.69 Å². The highest BCUT2D eigenvalue weighted by Gasteiger charge is 2.24. The van der Waals surface area contributed by atoms with Crippen LogP contribution in [0.15, 0.2) is 48.9 Å². The Labute approximate surface area is 169 Å². The van der Waals surface area contributed by atoms with Gasteiger partial charge in [-0.2, -0.15) is 5.10 Å². The van der Waals surface area contributed by atoms with Gasteiger partial charge in [-0.15, -0.1) is 0 Å². The molecule has 0 unspecified atom stereocenters. The first-order valence-electron chi connectivity index (χ1n) is 9.71. The van der Waals surface area contributed by atoms with Crippen LogP contribution in [0.1, 0.15) is 35.5 Å². The van der Waals surface area contributed by atoms with Crippen LogP contribution in [-0.2, 0) is 13.0 Å². The number of aromatic nitrogens is 3. The first kappa shape index (κ1) is 19.3. The van der Waals surface area contributed by atoms with Gasteiger partial charge in [-0.1, -0.05) is 12.1 Å². The topological polar surface area (TPSA) is 94.1 Å². The van der Waals surface area contributed by atoms with Gasteiger partial charge in [0.1, 0.15) is 5.69 Å². The van der Waals surface area contributed by atoms with Gasteiger partial charge < -0.3 is 10.4 Å². The van der Waals surface area contributed by atoms with E-state index in [4.69, 9.17) is 0 Å². The molecule has 0 bridgehead atoms. The number of rotatable bonds is 5. The summed E-state index contributed by atoms with van der Waals surface area (Å²) in [6.07, 6.45) is 5.86. The number of nitrogens with one attached hydrogen (secondary N) is 2. The number of fused-ring (bicyclic) bond motifs is 1. The molecule has 7 heteroatoms. The van der Waals surface area contributed by atoms with Crippen molar-refractivity contribution >= 4 is 11.6 Å². The lowest BCUT2D eigenvalue weighted by Gasteiger charge is -2.33. The molecule has 3 heterocycles. The molecule has 1 aliphatic heterocycles. The summed E-state index contributed by atoms with van der Waals surface area (Å²) in [5, 5.41) is 20.0. The number of hydrogen-bond acceptors (Lipinski definition) is 5. The quantitative estimate of drug-likeness (QED) is 0.622. The Kier molecular flexibility index (Phi) is 5.17. The van der Waals surface area contributed by atoms with Crippen molar-refractivity contribution in [2.75, 3.05) is 18.4 Å². The average molecular weight is 391 g/mol. The van der Waals surface area contributed by atoms with E-state index in [1.165, 1.54) is 5.56 Å². The SMILES string of the molecule is CC(C)(O)CN1CCc2c(cccc2NC(=O)c2[nH]ncc2-c2ccncc2)C1. The summed E-state index contributed by atoms with van der Waals surface area (Å²) in [5.41, 5.74) is 4.48. The van der Waals surface area contributed by atoms with E-state index >= 15 is 0 Å². The number of hydrogen-bond donors (Lipinski definition) is 3. The number of pyridine rings is 1. The molecule has 150 valence electrons. The van der Waals surface area contributed by atoms with Crippen molar-refractivity contribution in [2.24, 2.45) is 0 Å². The summed E-state index contributed by atoms with van der Waals surface area (Å²) in [4.78, 5) is 19.2. The van der Waals surface area contributed by atoms with Crippen LogP contribution < -0.4 is 5.32 Å². The third kappa shape index (κ3) is 4.36. The number of aliphatic hydroxyl groups is 1. The highest BCUT2D eigenvalue weighted by atomic mass is 16.3. The van der Waals surface area contributed by atoms with E-state index in [1.807, 2.05) is 38.1 Å². The second-order valence-electron chi connectivity index (χ2n) is 8.07. The largest absolute Gasteiger partial charge is 0.389 e. The number of carbonyl (C=O) groups excluding carboxylic acids is 1. The Morgan fingerprint density at radius 2 is 2.07 bits per heavy atom. The lowest BCUT2D eigenvalue weighted by molar-refractivity contribution is 0.0318. The van der Waals surface area contributed by atoms with E-state index in [-0.39, 0.29) is 5.91 Å². The van der Waals surface area contributed by atoms with Crippen molar-refractivity contribution < 1.29 is 9.90 Å². The smallest absolute Gasteiger partial charge is 0.274 e. The fourth-order valence-electron chi connectivity index (χ4n) is 3.86. The van der Waals surface area contributed by atoms with Gasteiger partial charge in [0.05, 0.1) is 11.8 Å². The predicted molar refractivity (Wildman–Crippen MR) is 111 cm³/mol. The molecule has 0 radical (unpaired) electrons. The zero-order valence-corrected chi connectivity index (χ0v) is 16.6. The van der Waals surface area contributed by atoms with Crippen LogP contribution in [0.2, 0.25) is 0 Å². The standard InChI is InChI=1S/C22H25N5O2/c1-22(2,29)14-27-11-8-17-16(13-27)4-3-5-19(17)25-21(28)20-18(12-24-26-20)15-6-9-23-10-7-15/h3-7,9-10,12,29H,8,11,13-14H2,1-2H3,(H,24,26)(H,25,28). The molecule has 2 aromatic heterocycles. The molecule has 0 atom stereocenters. The van der Waals surface area contributed by atoms with Crippen molar-refractivity contribution in [2.45, 2.75) is 32.4 Å². The van der Waals surface area contributed by atoms with Gasteiger partial charge in [-0.05, 0) is 55.2 Å². The van der Waals surface area contributed by atoms with Crippen LogP contribution in [0.3, 0.4) is 0 Å². The van der Waals surface area contributed by atoms with Crippen LogP contribution in [0.5, 0.6) is 0 Å². The summed E-state index contributed by atoms with van der Waals surface area (Å²) in [6, 6.07) is 9.68. The monoisotopic (exact) mass is 391 g/mol. The summed E-state index contributed by atoms with van der Waals surface area (Å²) in [5.74, 6) is -0.221. The highest BCUT2D eigenvalue weighted by molar-refractivity contribution is 6.07. The molecule has 4 rings (SSSR count). The van der Waals surface area contributed by atoms with Gasteiger partial charge >= 0.3 is 0 Å². The predicted octanol–water partition coefficient (Wildman–Crippen LogP) is 2.85. The Hall–Kier alpha value is -3.03. The number of benzene rings is 1. The van der Waals surface area contributed by atoms with E-state index in [1.54, 1.807) is 18.6 Å². The fourth-order valence-corrected chi connectivity index (χ4v) is 3.86. The second-order valence-corrected chi connectivity index (χ2v) is 8.07. The summed E-state index contributed by atoms with van der Waals surface area (Å²) in [6.45, 7) is 5.87. The molecule has 3 N–H and O–H groups in total. The Balaban J connectivity index is 1.54. The molecule has 1 amide bonds. The van der Waals surface area contributed by atoms with Gasteiger partial charge in [-0.25, -0.2) is 0 Å². The summed E-state index contributed by atoms with van der Waals surface area (Å²) >= 11 is 0. The van der Waals surface area contributed by atoms with Crippen LogP contribution >= 0.6 is 0 Å². The van der Waals surface area contributed by atoms with Gasteiger partial charge in [0.2, 0.25) is 0 Å². The molecule has 0 spiro atoms. The third-order valence-corrected chi connectivity index (χ3v) is 5.06. The van der Waals surface area contributed by atoms with Crippen LogP contribution in [0, 0.1) is 0 Å². The van der Waals surface area contributed by atoms with Crippen molar-refractivity contribution in [3.8, 4) is 11.1 Å². The zero-order chi connectivity index (χ0) is 20.4. The number of β-amino-alcohol motifs (C(OH)–C–C–N with tert-alkyl or cyclic N) is 1. The molecule has 1 aromatic carbocycles. The van der Waals surface area contributed by atoms with Gasteiger partial charge in [0.15, 0.2) is 0 Å². The number of aromatic amines is 1. The van der Waals surface area contributed by atoms with Gasteiger partial charge in [-0.3, -0.25) is 19.8 Å². The molecule has 0 aliphatic carbocycles.